The van der Waals surface area contributed by atoms with Gasteiger partial charge in [0.15, 0.2) is 6.29 Å². The van der Waals surface area contributed by atoms with Crippen molar-refractivity contribution in [2.24, 2.45) is 0 Å². The van der Waals surface area contributed by atoms with Crippen LogP contribution in [0.1, 0.15) is 277 Å². The van der Waals surface area contributed by atoms with Gasteiger partial charge in [-0.15, -0.1) is 0 Å². The molecule has 0 bridgehead atoms. The second-order valence-electron chi connectivity index (χ2n) is 20.4. The highest BCUT2D eigenvalue weighted by atomic mass is 16.7. The molecule has 9 atom stereocenters. The van der Waals surface area contributed by atoms with E-state index in [0.717, 1.165) is 38.5 Å². The monoisotopic (exact) mass is 944 g/mol. The van der Waals surface area contributed by atoms with Gasteiger partial charge in [0.1, 0.15) is 36.6 Å². The Bertz CT molecular complexity index is 1040. The molecule has 11 nitrogen and oxygen atoms in total. The summed E-state index contributed by atoms with van der Waals surface area (Å²) in [6.45, 7) is 3.49. The van der Waals surface area contributed by atoms with Crippen molar-refractivity contribution >= 4 is 5.91 Å². The van der Waals surface area contributed by atoms with Gasteiger partial charge in [-0.1, -0.05) is 264 Å². The van der Waals surface area contributed by atoms with E-state index < -0.39 is 74.2 Å². The molecular formula is C55H109NO10. The van der Waals surface area contributed by atoms with Crippen molar-refractivity contribution in [3.63, 3.8) is 0 Å². The molecular weight excluding hydrogens is 835 g/mol. The fourth-order valence-electron chi connectivity index (χ4n) is 9.50. The van der Waals surface area contributed by atoms with E-state index in [4.69, 9.17) is 9.47 Å². The zero-order chi connectivity index (χ0) is 48.3. The molecule has 0 spiro atoms. The summed E-state index contributed by atoms with van der Waals surface area (Å²) in [5.74, 6) is -0.690. The summed E-state index contributed by atoms with van der Waals surface area (Å²) in [5, 5.41) is 76.1. The Labute approximate surface area is 405 Å². The Balaban J connectivity index is 2.32. The molecule has 1 heterocycles. The van der Waals surface area contributed by atoms with Gasteiger partial charge in [-0.25, -0.2) is 0 Å². The van der Waals surface area contributed by atoms with Crippen LogP contribution in [-0.2, 0) is 14.3 Å². The van der Waals surface area contributed by atoms with E-state index in [9.17, 15) is 40.5 Å². The van der Waals surface area contributed by atoms with Gasteiger partial charge >= 0.3 is 0 Å². The highest BCUT2D eigenvalue weighted by Gasteiger charge is 2.44. The number of nitrogens with one attached hydrogen (secondary N) is 1. The highest BCUT2D eigenvalue weighted by Crippen LogP contribution is 2.24. The van der Waals surface area contributed by atoms with Gasteiger partial charge in [0.25, 0.3) is 0 Å². The SMILES string of the molecule is CCCCCCCCCCCCCCCCCCCCCCC(O)C(=O)NC(COC1OC(CO)C(O)C(O)C1O)C(O)C(O)CCCCCCCCCCCCCCCCCCCCC. The number of amides is 1. The van der Waals surface area contributed by atoms with Gasteiger partial charge in [0.2, 0.25) is 5.91 Å². The number of hydrogen-bond acceptors (Lipinski definition) is 10. The van der Waals surface area contributed by atoms with E-state index in [-0.39, 0.29) is 6.42 Å². The molecule has 1 fully saturated rings. The predicted molar refractivity (Wildman–Crippen MR) is 270 cm³/mol. The van der Waals surface area contributed by atoms with Gasteiger partial charge < -0.3 is 50.5 Å². The minimum atomic E-state index is -1.66. The first-order valence-electron chi connectivity index (χ1n) is 28.4. The molecule has 0 aliphatic carbocycles. The first-order chi connectivity index (χ1) is 32.2. The molecule has 0 aromatic rings. The topological polar surface area (TPSA) is 189 Å². The van der Waals surface area contributed by atoms with Crippen LogP contribution in [0, 0.1) is 0 Å². The standard InChI is InChI=1S/C55H109NO10/c1-3-5-7-9-11-13-15-17-19-21-23-25-27-29-31-33-35-37-39-41-43-48(59)54(64)56-46(45-65-55-53(63)52(62)51(61)49(44-57)66-55)50(60)47(58)42-40-38-36-34-32-30-28-26-24-22-20-18-16-14-12-10-8-6-4-2/h46-53,55,57-63H,3-45H2,1-2H3,(H,56,64). The van der Waals surface area contributed by atoms with E-state index in [0.29, 0.717) is 19.3 Å². The molecule has 0 aromatic heterocycles. The van der Waals surface area contributed by atoms with E-state index in [1.165, 1.54) is 199 Å². The third-order valence-electron chi connectivity index (χ3n) is 14.2. The lowest BCUT2D eigenvalue weighted by atomic mass is 9.98. The Hall–Kier alpha value is -0.890. The lowest BCUT2D eigenvalue weighted by Crippen LogP contribution is -2.60. The molecule has 0 saturated carbocycles. The van der Waals surface area contributed by atoms with Gasteiger partial charge in [0.05, 0.1) is 25.4 Å². The lowest BCUT2D eigenvalue weighted by molar-refractivity contribution is -0.303. The van der Waals surface area contributed by atoms with E-state index in [1.807, 2.05) is 0 Å². The molecule has 66 heavy (non-hydrogen) atoms. The van der Waals surface area contributed by atoms with Gasteiger partial charge in [-0.3, -0.25) is 4.79 Å². The number of unbranched alkanes of at least 4 members (excludes halogenated alkanes) is 37. The number of ether oxygens (including phenoxy) is 2. The molecule has 394 valence electrons. The van der Waals surface area contributed by atoms with E-state index >= 15 is 0 Å². The summed E-state index contributed by atoms with van der Waals surface area (Å²) in [5.41, 5.74) is 0. The van der Waals surface area contributed by atoms with Crippen molar-refractivity contribution in [1.29, 1.82) is 0 Å². The minimum absolute atomic E-state index is 0.267. The molecule has 1 aliphatic heterocycles. The number of carbonyl (C=O) groups is 1. The molecule has 1 rings (SSSR count). The Morgan fingerprint density at radius 1 is 0.470 bits per heavy atom. The number of aliphatic hydroxyl groups excluding tert-OH is 7. The van der Waals surface area contributed by atoms with Crippen molar-refractivity contribution in [1.82, 2.24) is 5.32 Å². The number of hydrogen-bond donors (Lipinski definition) is 8. The number of carbonyl (C=O) groups excluding carboxylic acids is 1. The molecule has 1 aliphatic rings. The first kappa shape index (κ1) is 63.1. The van der Waals surface area contributed by atoms with Crippen LogP contribution >= 0.6 is 0 Å². The fraction of sp³-hybridized carbons (Fsp3) is 0.982. The average Bonchev–Trinajstić information content (AvgIpc) is 3.32. The van der Waals surface area contributed by atoms with Crippen LogP contribution in [0.15, 0.2) is 0 Å². The molecule has 8 N–H and O–H groups in total. The van der Waals surface area contributed by atoms with Gasteiger partial charge in [0, 0.05) is 0 Å². The Kier molecular flexibility index (Phi) is 43.3. The van der Waals surface area contributed by atoms with Crippen LogP contribution in [0.25, 0.3) is 0 Å². The first-order valence-corrected chi connectivity index (χ1v) is 28.4. The zero-order valence-corrected chi connectivity index (χ0v) is 43.0. The van der Waals surface area contributed by atoms with Crippen molar-refractivity contribution in [3.8, 4) is 0 Å². The molecule has 1 amide bonds. The summed E-state index contributed by atoms with van der Waals surface area (Å²) in [7, 11) is 0. The molecule has 0 radical (unpaired) electrons. The minimum Gasteiger partial charge on any atom is -0.394 e. The van der Waals surface area contributed by atoms with Gasteiger partial charge in [-0.05, 0) is 12.8 Å². The largest absolute Gasteiger partial charge is 0.394 e. The average molecular weight is 944 g/mol. The third kappa shape index (κ3) is 33.6. The van der Waals surface area contributed by atoms with E-state index in [1.54, 1.807) is 0 Å². The Morgan fingerprint density at radius 3 is 1.12 bits per heavy atom. The maximum absolute atomic E-state index is 13.2. The summed E-state index contributed by atoms with van der Waals surface area (Å²) in [6.07, 6.45) is 38.6. The lowest BCUT2D eigenvalue weighted by Gasteiger charge is -2.40. The van der Waals surface area contributed by atoms with Crippen molar-refractivity contribution in [2.75, 3.05) is 13.2 Å². The zero-order valence-electron chi connectivity index (χ0n) is 43.0. The number of aliphatic hydroxyl groups is 7. The Morgan fingerprint density at radius 2 is 0.788 bits per heavy atom. The third-order valence-corrected chi connectivity index (χ3v) is 14.2. The maximum atomic E-state index is 13.2. The predicted octanol–water partition coefficient (Wildman–Crippen LogP) is 11.4. The fourth-order valence-corrected chi connectivity index (χ4v) is 9.50. The maximum Gasteiger partial charge on any atom is 0.249 e. The summed E-state index contributed by atoms with van der Waals surface area (Å²) < 4.78 is 11.1. The highest BCUT2D eigenvalue weighted by molar-refractivity contribution is 5.80. The summed E-state index contributed by atoms with van der Waals surface area (Å²) in [4.78, 5) is 13.2. The summed E-state index contributed by atoms with van der Waals surface area (Å²) in [6, 6.07) is -1.16. The van der Waals surface area contributed by atoms with E-state index in [2.05, 4.69) is 19.2 Å². The molecule has 11 heteroatoms. The van der Waals surface area contributed by atoms with Crippen LogP contribution in [0.2, 0.25) is 0 Å². The molecule has 1 saturated heterocycles. The van der Waals surface area contributed by atoms with Crippen molar-refractivity contribution in [3.05, 3.63) is 0 Å². The molecule has 0 aromatic carbocycles. The molecule has 9 unspecified atom stereocenters. The van der Waals surface area contributed by atoms with Crippen LogP contribution < -0.4 is 5.32 Å². The van der Waals surface area contributed by atoms with Crippen LogP contribution in [-0.4, -0.2) is 110 Å². The van der Waals surface area contributed by atoms with Gasteiger partial charge in [-0.2, -0.15) is 0 Å². The second-order valence-corrected chi connectivity index (χ2v) is 20.4. The smallest absolute Gasteiger partial charge is 0.249 e. The quantitative estimate of drug-likeness (QED) is 0.0273. The van der Waals surface area contributed by atoms with Crippen molar-refractivity contribution in [2.45, 2.75) is 332 Å². The summed E-state index contributed by atoms with van der Waals surface area (Å²) >= 11 is 0. The van der Waals surface area contributed by atoms with Crippen LogP contribution in [0.3, 0.4) is 0 Å². The van der Waals surface area contributed by atoms with Crippen molar-refractivity contribution < 1.29 is 50.0 Å². The van der Waals surface area contributed by atoms with Crippen LogP contribution in [0.4, 0.5) is 0 Å². The van der Waals surface area contributed by atoms with Crippen LogP contribution in [0.5, 0.6) is 0 Å². The second kappa shape index (κ2) is 45.3. The number of rotatable bonds is 49. The normalized spacial score (nSPS) is 20.7.